The third-order valence-electron chi connectivity index (χ3n) is 5.17. The van der Waals surface area contributed by atoms with Crippen molar-refractivity contribution in [1.82, 2.24) is 5.32 Å². The fourth-order valence-corrected chi connectivity index (χ4v) is 3.19. The third kappa shape index (κ3) is 5.47. The molecule has 2 unspecified atom stereocenters. The number of amides is 1. The van der Waals surface area contributed by atoms with Gasteiger partial charge in [-0.1, -0.05) is 43.7 Å². The molecule has 5 heteroatoms. The van der Waals surface area contributed by atoms with Gasteiger partial charge in [-0.3, -0.25) is 4.79 Å². The Labute approximate surface area is 151 Å². The molecular formula is C19H31ClN2O2. The molecule has 0 saturated heterocycles. The summed E-state index contributed by atoms with van der Waals surface area (Å²) in [7, 11) is 0. The van der Waals surface area contributed by atoms with Gasteiger partial charge in [-0.25, -0.2) is 0 Å². The molecule has 0 bridgehead atoms. The number of carbonyl (C=O) groups is 1. The first-order valence-corrected chi connectivity index (χ1v) is 8.74. The molecule has 1 saturated carbocycles. The number of halogens is 1. The molecule has 1 aromatic carbocycles. The second-order valence-corrected chi connectivity index (χ2v) is 6.74. The second-order valence-electron chi connectivity index (χ2n) is 6.74. The molecule has 1 fully saturated rings. The van der Waals surface area contributed by atoms with Gasteiger partial charge in [0.2, 0.25) is 5.91 Å². The highest BCUT2D eigenvalue weighted by atomic mass is 35.5. The monoisotopic (exact) mass is 354 g/mol. The van der Waals surface area contributed by atoms with Gasteiger partial charge in [-0.2, -0.15) is 0 Å². The molecule has 1 amide bonds. The summed E-state index contributed by atoms with van der Waals surface area (Å²) in [5, 5.41) is 3.13. The Morgan fingerprint density at radius 2 is 2.00 bits per heavy atom. The van der Waals surface area contributed by atoms with Crippen LogP contribution in [0.25, 0.3) is 0 Å². The van der Waals surface area contributed by atoms with Crippen LogP contribution in [0.2, 0.25) is 0 Å². The van der Waals surface area contributed by atoms with E-state index in [0.29, 0.717) is 0 Å². The van der Waals surface area contributed by atoms with Crippen molar-refractivity contribution in [2.75, 3.05) is 19.8 Å². The highest BCUT2D eigenvalue weighted by molar-refractivity contribution is 5.85. The smallest absolute Gasteiger partial charge is 0.224 e. The first kappa shape index (κ1) is 20.9. The van der Waals surface area contributed by atoms with Gasteiger partial charge in [-0.15, -0.1) is 12.4 Å². The number of hydrogen-bond acceptors (Lipinski definition) is 3. The summed E-state index contributed by atoms with van der Waals surface area (Å²) in [5.74, 6) is -0.189. The first-order chi connectivity index (χ1) is 11.1. The van der Waals surface area contributed by atoms with Crippen LogP contribution in [0.1, 0.15) is 51.1 Å². The lowest BCUT2D eigenvalue weighted by Crippen LogP contribution is -2.45. The van der Waals surface area contributed by atoms with E-state index in [1.165, 1.54) is 19.3 Å². The zero-order chi connectivity index (χ0) is 16.7. The normalized spacial score (nSPS) is 18.0. The van der Waals surface area contributed by atoms with Crippen LogP contribution < -0.4 is 11.1 Å². The van der Waals surface area contributed by atoms with Crippen LogP contribution in [0.4, 0.5) is 0 Å². The fourth-order valence-electron chi connectivity index (χ4n) is 3.19. The largest absolute Gasteiger partial charge is 0.382 e. The minimum atomic E-state index is -0.267. The van der Waals surface area contributed by atoms with Gasteiger partial charge in [0.15, 0.2) is 0 Å². The number of ether oxygens (including phenoxy) is 1. The van der Waals surface area contributed by atoms with Gasteiger partial charge in [-0.05, 0) is 37.2 Å². The van der Waals surface area contributed by atoms with Crippen LogP contribution in [0.5, 0.6) is 0 Å². The molecule has 2 atom stereocenters. The quantitative estimate of drug-likeness (QED) is 0.667. The summed E-state index contributed by atoms with van der Waals surface area (Å²) in [6.45, 7) is 6.20. The summed E-state index contributed by atoms with van der Waals surface area (Å²) < 4.78 is 5.48. The second kappa shape index (κ2) is 10.0. The van der Waals surface area contributed by atoms with Crippen molar-refractivity contribution in [2.24, 2.45) is 17.1 Å². The van der Waals surface area contributed by atoms with E-state index in [1.807, 2.05) is 44.2 Å². The number of nitrogens with one attached hydrogen (secondary N) is 1. The van der Waals surface area contributed by atoms with Crippen molar-refractivity contribution in [2.45, 2.75) is 45.6 Å². The molecule has 0 heterocycles. The standard InChI is InChI=1S/C19H30N2O2.ClH/c1-3-23-13-12-19(10-7-11-19)14-21-18(22)15(2)17(20)16-8-5-4-6-9-16;/h4-6,8-9,15,17H,3,7,10-14,20H2,1-2H3,(H,21,22);1H. The van der Waals surface area contributed by atoms with E-state index in [-0.39, 0.29) is 35.7 Å². The van der Waals surface area contributed by atoms with Crippen LogP contribution >= 0.6 is 12.4 Å². The van der Waals surface area contributed by atoms with Gasteiger partial charge >= 0.3 is 0 Å². The molecule has 1 aliphatic rings. The van der Waals surface area contributed by atoms with Crippen molar-refractivity contribution in [3.8, 4) is 0 Å². The Morgan fingerprint density at radius 1 is 1.33 bits per heavy atom. The Bertz CT molecular complexity index is 491. The predicted molar refractivity (Wildman–Crippen MR) is 100 cm³/mol. The minimum Gasteiger partial charge on any atom is -0.382 e. The molecule has 1 aliphatic carbocycles. The third-order valence-corrected chi connectivity index (χ3v) is 5.17. The lowest BCUT2D eigenvalue weighted by atomic mass is 9.66. The van der Waals surface area contributed by atoms with Crippen molar-refractivity contribution in [1.29, 1.82) is 0 Å². The lowest BCUT2D eigenvalue weighted by Gasteiger charge is -2.42. The zero-order valence-electron chi connectivity index (χ0n) is 14.8. The Kier molecular flexibility index (Phi) is 8.74. The Morgan fingerprint density at radius 3 is 2.54 bits per heavy atom. The van der Waals surface area contributed by atoms with Crippen molar-refractivity contribution in [3.05, 3.63) is 35.9 Å². The SMILES string of the molecule is CCOCCC1(CNC(=O)C(C)C(N)c2ccccc2)CCC1.Cl. The van der Waals surface area contributed by atoms with Crippen molar-refractivity contribution < 1.29 is 9.53 Å². The van der Waals surface area contributed by atoms with Gasteiger partial charge in [0, 0.05) is 25.8 Å². The summed E-state index contributed by atoms with van der Waals surface area (Å²) in [4.78, 5) is 12.5. The summed E-state index contributed by atoms with van der Waals surface area (Å²) >= 11 is 0. The molecular weight excluding hydrogens is 324 g/mol. The van der Waals surface area contributed by atoms with E-state index in [0.717, 1.165) is 31.7 Å². The van der Waals surface area contributed by atoms with Crippen LogP contribution in [-0.4, -0.2) is 25.7 Å². The van der Waals surface area contributed by atoms with E-state index in [9.17, 15) is 4.79 Å². The highest BCUT2D eigenvalue weighted by Gasteiger charge is 2.37. The van der Waals surface area contributed by atoms with E-state index in [4.69, 9.17) is 10.5 Å². The molecule has 3 N–H and O–H groups in total. The van der Waals surface area contributed by atoms with Crippen LogP contribution in [0, 0.1) is 11.3 Å². The van der Waals surface area contributed by atoms with E-state index >= 15 is 0 Å². The average molecular weight is 355 g/mol. The molecule has 0 aliphatic heterocycles. The van der Waals surface area contributed by atoms with E-state index in [2.05, 4.69) is 5.32 Å². The van der Waals surface area contributed by atoms with Gasteiger partial charge in [0.25, 0.3) is 0 Å². The summed E-state index contributed by atoms with van der Waals surface area (Å²) in [6.07, 6.45) is 4.64. The van der Waals surface area contributed by atoms with Crippen LogP contribution in [0.3, 0.4) is 0 Å². The highest BCUT2D eigenvalue weighted by Crippen LogP contribution is 2.43. The number of benzene rings is 1. The maximum absolute atomic E-state index is 12.5. The van der Waals surface area contributed by atoms with Crippen molar-refractivity contribution in [3.63, 3.8) is 0 Å². The molecule has 0 radical (unpaired) electrons. The van der Waals surface area contributed by atoms with E-state index in [1.54, 1.807) is 0 Å². The number of rotatable bonds is 9. The molecule has 0 aromatic heterocycles. The van der Waals surface area contributed by atoms with Crippen molar-refractivity contribution >= 4 is 18.3 Å². The topological polar surface area (TPSA) is 64.3 Å². The number of nitrogens with two attached hydrogens (primary N) is 1. The van der Waals surface area contributed by atoms with Crippen LogP contribution in [0.15, 0.2) is 30.3 Å². The van der Waals surface area contributed by atoms with Crippen LogP contribution in [-0.2, 0) is 9.53 Å². The zero-order valence-corrected chi connectivity index (χ0v) is 15.6. The molecule has 0 spiro atoms. The molecule has 2 rings (SSSR count). The maximum atomic E-state index is 12.5. The predicted octanol–water partition coefficient (Wildman–Crippen LogP) is 3.46. The average Bonchev–Trinajstić information content (AvgIpc) is 2.55. The van der Waals surface area contributed by atoms with Gasteiger partial charge in [0.05, 0.1) is 5.92 Å². The molecule has 4 nitrogen and oxygen atoms in total. The molecule has 136 valence electrons. The first-order valence-electron chi connectivity index (χ1n) is 8.74. The Balaban J connectivity index is 0.00000288. The van der Waals surface area contributed by atoms with E-state index < -0.39 is 0 Å². The maximum Gasteiger partial charge on any atom is 0.224 e. The molecule has 1 aromatic rings. The fraction of sp³-hybridized carbons (Fsp3) is 0.632. The molecule has 24 heavy (non-hydrogen) atoms. The Hall–Kier alpha value is -1.10. The van der Waals surface area contributed by atoms with Gasteiger partial charge < -0.3 is 15.8 Å². The van der Waals surface area contributed by atoms with Gasteiger partial charge in [0.1, 0.15) is 0 Å². The minimum absolute atomic E-state index is 0. The number of hydrogen-bond donors (Lipinski definition) is 2. The lowest BCUT2D eigenvalue weighted by molar-refractivity contribution is -0.126. The summed E-state index contributed by atoms with van der Waals surface area (Å²) in [6, 6.07) is 9.55. The number of carbonyl (C=O) groups excluding carboxylic acids is 1. The summed E-state index contributed by atoms with van der Waals surface area (Å²) in [5.41, 5.74) is 7.48.